The highest BCUT2D eigenvalue weighted by Crippen LogP contribution is 2.33. The molecule has 14 heavy (non-hydrogen) atoms. The Kier molecular flexibility index (Phi) is 4.15. The lowest BCUT2D eigenvalue weighted by Gasteiger charge is -2.32. The summed E-state index contributed by atoms with van der Waals surface area (Å²) in [6, 6.07) is 0. The monoisotopic (exact) mass is 223 g/mol. The van der Waals surface area contributed by atoms with Gasteiger partial charge in [-0.1, -0.05) is 0 Å². The quantitative estimate of drug-likeness (QED) is 0.481. The van der Waals surface area contributed by atoms with Crippen LogP contribution in [0.2, 0.25) is 0 Å². The van der Waals surface area contributed by atoms with Crippen molar-refractivity contribution in [1.29, 1.82) is 0 Å². The van der Waals surface area contributed by atoms with E-state index in [-0.39, 0.29) is 11.2 Å². The highest BCUT2D eigenvalue weighted by molar-refractivity contribution is 7.85. The van der Waals surface area contributed by atoms with Gasteiger partial charge in [-0.15, -0.1) is 0 Å². The summed E-state index contributed by atoms with van der Waals surface area (Å²) in [6.07, 6.45) is 0.715. The fourth-order valence-electron chi connectivity index (χ4n) is 0.548. The standard InChI is InChI=1S/C6H12BO2.CH4O3S/c1-5(2)6(3,4)9-7-8-5;1-5(2,3)4/h1-4H3;1H3,(H,2,3,4). The first-order chi connectivity index (χ1) is 5.96. The van der Waals surface area contributed by atoms with Gasteiger partial charge >= 0.3 is 7.69 Å². The van der Waals surface area contributed by atoms with Crippen molar-refractivity contribution in [2.24, 2.45) is 0 Å². The third-order valence-corrected chi connectivity index (χ3v) is 2.14. The van der Waals surface area contributed by atoms with Crippen LogP contribution >= 0.6 is 0 Å². The molecular weight excluding hydrogens is 207 g/mol. The van der Waals surface area contributed by atoms with Crippen molar-refractivity contribution >= 4 is 17.8 Å². The summed E-state index contributed by atoms with van der Waals surface area (Å²) in [5.41, 5.74) is -0.375. The van der Waals surface area contributed by atoms with Crippen LogP contribution in [0.4, 0.5) is 0 Å². The molecule has 0 aliphatic carbocycles. The first-order valence-electron chi connectivity index (χ1n) is 4.05. The zero-order chi connectivity index (χ0) is 11.6. The molecule has 0 aromatic carbocycles. The molecule has 1 rings (SSSR count). The zero-order valence-electron chi connectivity index (χ0n) is 9.07. The average molecular weight is 223 g/mol. The largest absolute Gasteiger partial charge is 0.488 e. The van der Waals surface area contributed by atoms with E-state index in [1.54, 1.807) is 0 Å². The lowest BCUT2D eigenvalue weighted by Crippen LogP contribution is -2.41. The molecule has 0 unspecified atom stereocenters. The smallest absolute Gasteiger partial charge is 0.405 e. The highest BCUT2D eigenvalue weighted by atomic mass is 32.2. The molecule has 5 nitrogen and oxygen atoms in total. The topological polar surface area (TPSA) is 72.8 Å². The molecule has 0 aromatic heterocycles. The lowest BCUT2D eigenvalue weighted by atomic mass is 9.90. The van der Waals surface area contributed by atoms with E-state index in [0.29, 0.717) is 6.26 Å². The molecule has 7 heteroatoms. The minimum atomic E-state index is -3.67. The van der Waals surface area contributed by atoms with Gasteiger partial charge in [-0.25, -0.2) is 0 Å². The molecule has 1 heterocycles. The van der Waals surface area contributed by atoms with E-state index in [2.05, 4.69) is 0 Å². The number of hydrogen-bond acceptors (Lipinski definition) is 4. The molecule has 1 N–H and O–H groups in total. The first kappa shape index (κ1) is 13.9. The Morgan fingerprint density at radius 2 is 1.29 bits per heavy atom. The van der Waals surface area contributed by atoms with Gasteiger partial charge in [0.15, 0.2) is 0 Å². The highest BCUT2D eigenvalue weighted by Gasteiger charge is 2.44. The SMILES string of the molecule is CC1(C)O[B]OC1(C)C.CS(=O)(=O)O. The van der Waals surface area contributed by atoms with Crippen molar-refractivity contribution in [3.8, 4) is 0 Å². The Balaban J connectivity index is 0.000000292. The van der Waals surface area contributed by atoms with Gasteiger partial charge in [0.1, 0.15) is 0 Å². The second-order valence-electron chi connectivity index (χ2n) is 4.09. The molecular formula is C7H16BO5S. The summed E-state index contributed by atoms with van der Waals surface area (Å²) >= 11 is 0. The van der Waals surface area contributed by atoms with Crippen LogP contribution in [0, 0.1) is 0 Å². The van der Waals surface area contributed by atoms with Crippen molar-refractivity contribution in [2.75, 3.05) is 6.26 Å². The van der Waals surface area contributed by atoms with Crippen LogP contribution in [0.5, 0.6) is 0 Å². The van der Waals surface area contributed by atoms with E-state index in [0.717, 1.165) is 0 Å². The molecule has 1 aliphatic rings. The predicted molar refractivity (Wildman–Crippen MR) is 53.6 cm³/mol. The van der Waals surface area contributed by atoms with Gasteiger partial charge in [-0.05, 0) is 27.7 Å². The predicted octanol–water partition coefficient (Wildman–Crippen LogP) is 0.629. The summed E-state index contributed by atoms with van der Waals surface area (Å²) in [7, 11) is -2.25. The van der Waals surface area contributed by atoms with Crippen molar-refractivity contribution in [1.82, 2.24) is 0 Å². The van der Waals surface area contributed by atoms with Gasteiger partial charge < -0.3 is 9.31 Å². The first-order valence-corrected chi connectivity index (χ1v) is 5.90. The van der Waals surface area contributed by atoms with E-state index in [1.807, 2.05) is 27.7 Å². The van der Waals surface area contributed by atoms with E-state index in [9.17, 15) is 8.42 Å². The fourth-order valence-corrected chi connectivity index (χ4v) is 0.548. The molecule has 0 atom stereocenters. The minimum absolute atomic E-state index is 0.187. The van der Waals surface area contributed by atoms with Crippen molar-refractivity contribution < 1.29 is 22.3 Å². The normalized spacial score (nSPS) is 23.3. The summed E-state index contributed by atoms with van der Waals surface area (Å²) in [5.74, 6) is 0. The Bertz CT molecular complexity index is 260. The van der Waals surface area contributed by atoms with Crippen LogP contribution in [0.15, 0.2) is 0 Å². The molecule has 0 aromatic rings. The molecule has 0 saturated carbocycles. The molecule has 1 saturated heterocycles. The summed E-state index contributed by atoms with van der Waals surface area (Å²) < 4.78 is 36.3. The van der Waals surface area contributed by atoms with Gasteiger partial charge in [0.05, 0.1) is 17.5 Å². The van der Waals surface area contributed by atoms with Crippen LogP contribution in [0.25, 0.3) is 0 Å². The molecule has 0 bridgehead atoms. The van der Waals surface area contributed by atoms with Gasteiger partial charge in [-0.3, -0.25) is 4.55 Å². The Morgan fingerprint density at radius 3 is 1.36 bits per heavy atom. The van der Waals surface area contributed by atoms with Crippen LogP contribution in [0.1, 0.15) is 27.7 Å². The van der Waals surface area contributed by atoms with Crippen LogP contribution in [0.3, 0.4) is 0 Å². The second kappa shape index (κ2) is 4.18. The van der Waals surface area contributed by atoms with Gasteiger partial charge in [0.2, 0.25) is 0 Å². The van der Waals surface area contributed by atoms with E-state index < -0.39 is 10.1 Å². The van der Waals surface area contributed by atoms with Crippen molar-refractivity contribution in [3.63, 3.8) is 0 Å². The summed E-state index contributed by atoms with van der Waals surface area (Å²) in [5, 5.41) is 0. The van der Waals surface area contributed by atoms with Crippen molar-refractivity contribution in [2.45, 2.75) is 38.9 Å². The third-order valence-electron chi connectivity index (χ3n) is 2.14. The maximum Gasteiger partial charge on any atom is 0.488 e. The lowest BCUT2D eigenvalue weighted by molar-refractivity contribution is 0.00578. The Hall–Kier alpha value is -0.105. The van der Waals surface area contributed by atoms with E-state index in [4.69, 9.17) is 13.9 Å². The molecule has 1 radical (unpaired) electrons. The fraction of sp³-hybridized carbons (Fsp3) is 1.00. The Morgan fingerprint density at radius 1 is 1.07 bits per heavy atom. The van der Waals surface area contributed by atoms with Gasteiger partial charge in [0, 0.05) is 0 Å². The molecule has 0 amide bonds. The van der Waals surface area contributed by atoms with Gasteiger partial charge in [-0.2, -0.15) is 8.42 Å². The van der Waals surface area contributed by atoms with Gasteiger partial charge in [0.25, 0.3) is 10.1 Å². The Labute approximate surface area is 85.8 Å². The molecule has 1 aliphatic heterocycles. The number of rotatable bonds is 0. The summed E-state index contributed by atoms with van der Waals surface area (Å²) in [6.45, 7) is 8.04. The molecule has 1 fully saturated rings. The van der Waals surface area contributed by atoms with Crippen LogP contribution < -0.4 is 0 Å². The minimum Gasteiger partial charge on any atom is -0.405 e. The zero-order valence-corrected chi connectivity index (χ0v) is 9.88. The van der Waals surface area contributed by atoms with Crippen LogP contribution in [-0.2, 0) is 19.4 Å². The maximum absolute atomic E-state index is 9.19. The third kappa shape index (κ3) is 4.95. The van der Waals surface area contributed by atoms with E-state index >= 15 is 0 Å². The molecule has 83 valence electrons. The maximum atomic E-state index is 9.19. The number of hydrogen-bond donors (Lipinski definition) is 1. The molecule has 0 spiro atoms. The second-order valence-corrected chi connectivity index (χ2v) is 5.55. The van der Waals surface area contributed by atoms with Crippen LogP contribution in [-0.4, -0.2) is 38.1 Å². The van der Waals surface area contributed by atoms with Crippen molar-refractivity contribution in [3.05, 3.63) is 0 Å². The van der Waals surface area contributed by atoms with E-state index in [1.165, 1.54) is 7.69 Å². The average Bonchev–Trinajstić information content (AvgIpc) is 2.01. The summed E-state index contributed by atoms with van der Waals surface area (Å²) in [4.78, 5) is 0.